The summed E-state index contributed by atoms with van der Waals surface area (Å²) in [6.07, 6.45) is -0.299. The Morgan fingerprint density at radius 3 is 2.29 bits per heavy atom. The van der Waals surface area contributed by atoms with Crippen molar-refractivity contribution in [2.75, 3.05) is 4.90 Å². The van der Waals surface area contributed by atoms with Gasteiger partial charge in [0, 0.05) is 11.1 Å². The van der Waals surface area contributed by atoms with E-state index in [2.05, 4.69) is 0 Å². The molecule has 1 aliphatic rings. The summed E-state index contributed by atoms with van der Waals surface area (Å²) in [4.78, 5) is 28.1. The maximum atomic E-state index is 13.4. The monoisotopic (exact) mass is 407 g/mol. The van der Waals surface area contributed by atoms with Gasteiger partial charge in [0.25, 0.3) is 5.91 Å². The van der Waals surface area contributed by atoms with Gasteiger partial charge in [-0.3, -0.25) is 9.59 Å². The van der Waals surface area contributed by atoms with Gasteiger partial charge in [-0.15, -0.1) is 0 Å². The van der Waals surface area contributed by atoms with E-state index in [1.54, 1.807) is 23.1 Å². The zero-order valence-corrected chi connectivity index (χ0v) is 16.9. The summed E-state index contributed by atoms with van der Waals surface area (Å²) in [6, 6.07) is 30.0. The number of hydrogen-bond acceptors (Lipinski definition) is 3. The molecule has 0 unspecified atom stereocenters. The Hall–Kier alpha value is -3.76. The molecule has 1 atom stereocenters. The van der Waals surface area contributed by atoms with E-state index in [0.29, 0.717) is 23.4 Å². The van der Waals surface area contributed by atoms with Gasteiger partial charge in [-0.25, -0.2) is 0 Å². The quantitative estimate of drug-likeness (QED) is 0.481. The molecule has 1 N–H and O–H groups in total. The molecule has 5 rings (SSSR count). The van der Waals surface area contributed by atoms with Crippen molar-refractivity contribution in [3.63, 3.8) is 0 Å². The van der Waals surface area contributed by atoms with Crippen molar-refractivity contribution in [3.05, 3.63) is 114 Å². The van der Waals surface area contributed by atoms with Gasteiger partial charge < -0.3 is 10.0 Å². The molecule has 0 radical (unpaired) electrons. The van der Waals surface area contributed by atoms with Gasteiger partial charge in [0.05, 0.1) is 18.7 Å². The van der Waals surface area contributed by atoms with Crippen molar-refractivity contribution in [3.8, 4) is 0 Å². The molecule has 4 aromatic carbocycles. The van der Waals surface area contributed by atoms with Crippen LogP contribution in [0.4, 0.5) is 5.69 Å². The highest BCUT2D eigenvalue weighted by Gasteiger charge is 2.50. The van der Waals surface area contributed by atoms with Crippen LogP contribution in [0.1, 0.15) is 27.9 Å². The number of ketones is 1. The lowest BCUT2D eigenvalue weighted by Gasteiger charge is -2.23. The van der Waals surface area contributed by atoms with Crippen LogP contribution in [0.25, 0.3) is 10.8 Å². The number of carbonyl (C=O) groups is 2. The van der Waals surface area contributed by atoms with E-state index in [9.17, 15) is 14.7 Å². The summed E-state index contributed by atoms with van der Waals surface area (Å²) in [6.45, 7) is 0.336. The summed E-state index contributed by atoms with van der Waals surface area (Å²) in [5.41, 5.74) is 0.679. The number of hydrogen-bond donors (Lipinski definition) is 1. The Kier molecular flexibility index (Phi) is 4.64. The molecule has 0 saturated carbocycles. The number of nitrogens with zero attached hydrogens (tertiary/aromatic N) is 1. The molecule has 1 amide bonds. The Morgan fingerprint density at radius 2 is 1.48 bits per heavy atom. The lowest BCUT2D eigenvalue weighted by molar-refractivity contribution is -0.136. The Morgan fingerprint density at radius 1 is 0.806 bits per heavy atom. The van der Waals surface area contributed by atoms with E-state index in [0.717, 1.165) is 16.3 Å². The largest absolute Gasteiger partial charge is 0.375 e. The average Bonchev–Trinajstić information content (AvgIpc) is 3.01. The van der Waals surface area contributed by atoms with Crippen molar-refractivity contribution in [1.82, 2.24) is 0 Å². The first-order chi connectivity index (χ1) is 15.1. The molecular weight excluding hydrogens is 386 g/mol. The molecule has 0 fully saturated rings. The first-order valence-corrected chi connectivity index (χ1v) is 10.3. The summed E-state index contributed by atoms with van der Waals surface area (Å²) in [7, 11) is 0. The van der Waals surface area contributed by atoms with Crippen molar-refractivity contribution >= 4 is 28.2 Å². The van der Waals surface area contributed by atoms with Crippen LogP contribution in [0.5, 0.6) is 0 Å². The average molecular weight is 407 g/mol. The fourth-order valence-corrected chi connectivity index (χ4v) is 4.30. The van der Waals surface area contributed by atoms with Crippen LogP contribution in [0.3, 0.4) is 0 Å². The molecule has 0 bridgehead atoms. The van der Waals surface area contributed by atoms with Crippen LogP contribution < -0.4 is 4.90 Å². The number of para-hydroxylation sites is 1. The number of aliphatic hydroxyl groups is 1. The van der Waals surface area contributed by atoms with Gasteiger partial charge in [0.2, 0.25) is 0 Å². The number of amides is 1. The van der Waals surface area contributed by atoms with Crippen molar-refractivity contribution in [2.45, 2.75) is 18.6 Å². The van der Waals surface area contributed by atoms with E-state index in [1.807, 2.05) is 78.9 Å². The predicted octanol–water partition coefficient (Wildman–Crippen LogP) is 4.85. The van der Waals surface area contributed by atoms with Crippen LogP contribution in [-0.2, 0) is 16.9 Å². The molecule has 0 saturated heterocycles. The Labute approximate surface area is 180 Å². The van der Waals surface area contributed by atoms with Gasteiger partial charge in [-0.2, -0.15) is 0 Å². The predicted molar refractivity (Wildman–Crippen MR) is 121 cm³/mol. The second kappa shape index (κ2) is 7.49. The van der Waals surface area contributed by atoms with Crippen LogP contribution in [0.2, 0.25) is 0 Å². The van der Waals surface area contributed by atoms with E-state index in [1.165, 1.54) is 0 Å². The van der Waals surface area contributed by atoms with Crippen molar-refractivity contribution in [2.24, 2.45) is 0 Å². The van der Waals surface area contributed by atoms with Crippen LogP contribution in [-0.4, -0.2) is 16.8 Å². The number of fused-ring (bicyclic) bond motifs is 2. The smallest absolute Gasteiger partial charge is 0.264 e. The Balaban J connectivity index is 1.48. The number of Topliss-reactive ketones (excluding diaryl/α,β-unsaturated/α-hetero) is 1. The third kappa shape index (κ3) is 3.31. The normalized spacial score (nSPS) is 17.7. The molecule has 1 aliphatic heterocycles. The maximum Gasteiger partial charge on any atom is 0.264 e. The molecule has 31 heavy (non-hydrogen) atoms. The zero-order chi connectivity index (χ0) is 21.4. The second-order valence-corrected chi connectivity index (χ2v) is 7.92. The highest BCUT2D eigenvalue weighted by Crippen LogP contribution is 2.43. The van der Waals surface area contributed by atoms with Crippen LogP contribution >= 0.6 is 0 Å². The number of carbonyl (C=O) groups excluding carboxylic acids is 2. The van der Waals surface area contributed by atoms with Gasteiger partial charge in [-0.05, 0) is 28.5 Å². The highest BCUT2D eigenvalue weighted by molar-refractivity contribution is 6.11. The van der Waals surface area contributed by atoms with Crippen LogP contribution in [0, 0.1) is 0 Å². The minimum absolute atomic E-state index is 0.266. The molecule has 1 heterocycles. The van der Waals surface area contributed by atoms with Crippen molar-refractivity contribution in [1.29, 1.82) is 0 Å². The van der Waals surface area contributed by atoms with E-state index >= 15 is 0 Å². The minimum atomic E-state index is -1.88. The molecule has 0 aromatic heterocycles. The van der Waals surface area contributed by atoms with Gasteiger partial charge in [-0.1, -0.05) is 84.9 Å². The highest BCUT2D eigenvalue weighted by atomic mass is 16.3. The zero-order valence-electron chi connectivity index (χ0n) is 16.9. The van der Waals surface area contributed by atoms with Gasteiger partial charge in [0.1, 0.15) is 0 Å². The van der Waals surface area contributed by atoms with Crippen LogP contribution in [0.15, 0.2) is 97.1 Å². The Bertz CT molecular complexity index is 1300. The fourth-order valence-electron chi connectivity index (χ4n) is 4.30. The molecule has 4 heteroatoms. The number of rotatable bonds is 5. The van der Waals surface area contributed by atoms with E-state index in [-0.39, 0.29) is 12.2 Å². The summed E-state index contributed by atoms with van der Waals surface area (Å²) in [5, 5.41) is 13.5. The van der Waals surface area contributed by atoms with Gasteiger partial charge in [0.15, 0.2) is 11.4 Å². The van der Waals surface area contributed by atoms with E-state index in [4.69, 9.17) is 0 Å². The van der Waals surface area contributed by atoms with Gasteiger partial charge >= 0.3 is 0 Å². The number of benzene rings is 4. The summed E-state index contributed by atoms with van der Waals surface area (Å²) < 4.78 is 0. The standard InChI is InChI=1S/C27H21NO3/c29-25(22-15-14-20-10-4-5-11-21(20)16-22)17-27(31)23-12-6-7-13-24(23)28(26(27)30)18-19-8-2-1-3-9-19/h1-16,31H,17-18H2/t27-/m0/s1. The first-order valence-electron chi connectivity index (χ1n) is 10.3. The van der Waals surface area contributed by atoms with Crippen molar-refractivity contribution < 1.29 is 14.7 Å². The molecule has 4 nitrogen and oxygen atoms in total. The minimum Gasteiger partial charge on any atom is -0.375 e. The fraction of sp³-hybridized carbons (Fsp3) is 0.111. The van der Waals surface area contributed by atoms with E-state index < -0.39 is 11.5 Å². The third-order valence-electron chi connectivity index (χ3n) is 5.91. The molecule has 152 valence electrons. The summed E-state index contributed by atoms with van der Waals surface area (Å²) >= 11 is 0. The molecule has 4 aromatic rings. The SMILES string of the molecule is O=C(C[C@@]1(O)C(=O)N(Cc2ccccc2)c2ccccc21)c1ccc2ccccc2c1. The molecular formula is C27H21NO3. The second-order valence-electron chi connectivity index (χ2n) is 7.92. The topological polar surface area (TPSA) is 57.6 Å². The number of anilines is 1. The first kappa shape index (κ1) is 19.2. The molecule has 0 spiro atoms. The lowest BCUT2D eigenvalue weighted by atomic mass is 9.88. The molecule has 0 aliphatic carbocycles. The third-order valence-corrected chi connectivity index (χ3v) is 5.91. The summed E-state index contributed by atoms with van der Waals surface area (Å²) in [5.74, 6) is -0.732. The maximum absolute atomic E-state index is 13.4. The lowest BCUT2D eigenvalue weighted by Crippen LogP contribution is -2.41.